The van der Waals surface area contributed by atoms with Crippen LogP contribution in [0.25, 0.3) is 5.69 Å². The topological polar surface area (TPSA) is 105 Å². The summed E-state index contributed by atoms with van der Waals surface area (Å²) in [5, 5.41) is 4.22. The molecule has 0 unspecified atom stereocenters. The number of hydrogen-bond acceptors (Lipinski definition) is 7. The van der Waals surface area contributed by atoms with Crippen molar-refractivity contribution in [2.45, 2.75) is 32.6 Å². The molecule has 1 aromatic heterocycles. The van der Waals surface area contributed by atoms with Gasteiger partial charge in [0.1, 0.15) is 4.90 Å². The number of esters is 1. The maximum absolute atomic E-state index is 13.0. The predicted molar refractivity (Wildman–Crippen MR) is 119 cm³/mol. The summed E-state index contributed by atoms with van der Waals surface area (Å²) in [6.07, 6.45) is 0. The Labute approximate surface area is 190 Å². The zero-order chi connectivity index (χ0) is 23.6. The Morgan fingerprint density at radius 3 is 2.38 bits per heavy atom. The van der Waals surface area contributed by atoms with Crippen molar-refractivity contribution in [3.8, 4) is 11.4 Å². The van der Waals surface area contributed by atoms with E-state index in [4.69, 9.17) is 20.5 Å². The van der Waals surface area contributed by atoms with Crippen LogP contribution < -0.4 is 9.74 Å². The van der Waals surface area contributed by atoms with E-state index in [0.29, 0.717) is 5.56 Å². The summed E-state index contributed by atoms with van der Waals surface area (Å²) in [7, 11) is -4.38. The van der Waals surface area contributed by atoms with Gasteiger partial charge in [-0.05, 0) is 62.6 Å². The summed E-state index contributed by atoms with van der Waals surface area (Å²) in [5.41, 5.74) is 1.12. The van der Waals surface area contributed by atoms with E-state index in [1.165, 1.54) is 12.1 Å². The van der Waals surface area contributed by atoms with Crippen LogP contribution in [0.2, 0.25) is 5.02 Å². The van der Waals surface area contributed by atoms with Crippen LogP contribution in [0.15, 0.2) is 52.2 Å². The third kappa shape index (κ3) is 4.68. The van der Waals surface area contributed by atoms with Gasteiger partial charge in [-0.15, -0.1) is 0 Å². The first-order chi connectivity index (χ1) is 15.0. The summed E-state index contributed by atoms with van der Waals surface area (Å²) in [6.45, 7) is 6.84. The SMILES string of the molecule is CCOC(=O)c1nn(-c2ccccc2Cl)c(=O)cc1OS(=O)(=O)c1cc(C)c(C)cc1C. The average Bonchev–Trinajstić information content (AvgIpc) is 2.71. The Hall–Kier alpha value is -3.17. The Morgan fingerprint density at radius 1 is 1.06 bits per heavy atom. The Bertz CT molecular complexity index is 1370. The van der Waals surface area contributed by atoms with Crippen molar-refractivity contribution in [2.24, 2.45) is 0 Å². The van der Waals surface area contributed by atoms with Crippen LogP contribution >= 0.6 is 11.6 Å². The highest BCUT2D eigenvalue weighted by atomic mass is 35.5. The lowest BCUT2D eigenvalue weighted by Gasteiger charge is -2.14. The van der Waals surface area contributed by atoms with Gasteiger partial charge in [0.05, 0.1) is 23.4 Å². The molecule has 168 valence electrons. The number of carbonyl (C=O) groups excluding carboxylic acids is 1. The molecule has 32 heavy (non-hydrogen) atoms. The fourth-order valence-corrected chi connectivity index (χ4v) is 4.45. The molecule has 10 heteroatoms. The second-order valence-corrected chi connectivity index (χ2v) is 8.94. The molecule has 0 atom stereocenters. The van der Waals surface area contributed by atoms with Gasteiger partial charge in [-0.1, -0.05) is 29.8 Å². The third-order valence-corrected chi connectivity index (χ3v) is 6.40. The average molecular weight is 477 g/mol. The maximum Gasteiger partial charge on any atom is 0.362 e. The molecule has 3 rings (SSSR count). The number of rotatable bonds is 6. The molecule has 0 aliphatic carbocycles. The summed E-state index contributed by atoms with van der Waals surface area (Å²) >= 11 is 6.15. The van der Waals surface area contributed by atoms with E-state index in [1.807, 2.05) is 6.92 Å². The highest BCUT2D eigenvalue weighted by Gasteiger charge is 2.27. The fraction of sp³-hybridized carbons (Fsp3) is 0.227. The molecular formula is C22H21ClN2O6S. The van der Waals surface area contributed by atoms with E-state index in [2.05, 4.69) is 5.10 Å². The molecular weight excluding hydrogens is 456 g/mol. The van der Waals surface area contributed by atoms with Crippen LogP contribution in [0.3, 0.4) is 0 Å². The molecule has 0 saturated heterocycles. The van der Waals surface area contributed by atoms with Crippen LogP contribution in [0.1, 0.15) is 34.1 Å². The van der Waals surface area contributed by atoms with Gasteiger partial charge in [-0.25, -0.2) is 4.79 Å². The van der Waals surface area contributed by atoms with E-state index >= 15 is 0 Å². The fourth-order valence-electron chi connectivity index (χ4n) is 3.01. The largest absolute Gasteiger partial charge is 0.461 e. The van der Waals surface area contributed by atoms with E-state index in [-0.39, 0.29) is 22.2 Å². The summed E-state index contributed by atoms with van der Waals surface area (Å²) in [5.74, 6) is -1.48. The third-order valence-electron chi connectivity index (χ3n) is 4.71. The first-order valence-corrected chi connectivity index (χ1v) is 11.4. The van der Waals surface area contributed by atoms with Gasteiger partial charge in [-0.3, -0.25) is 4.79 Å². The van der Waals surface area contributed by atoms with E-state index < -0.39 is 33.1 Å². The number of carbonyl (C=O) groups is 1. The second-order valence-electron chi connectivity index (χ2n) is 7.02. The first kappa shape index (κ1) is 23.5. The molecule has 0 spiro atoms. The van der Waals surface area contributed by atoms with Crippen molar-refractivity contribution >= 4 is 27.7 Å². The van der Waals surface area contributed by atoms with Crippen molar-refractivity contribution in [1.29, 1.82) is 0 Å². The Balaban J connectivity index is 2.17. The molecule has 0 bridgehead atoms. The summed E-state index contributed by atoms with van der Waals surface area (Å²) in [6, 6.07) is 10.4. The van der Waals surface area contributed by atoms with Crippen LogP contribution in [0.5, 0.6) is 5.75 Å². The Kier molecular flexibility index (Phi) is 6.71. The van der Waals surface area contributed by atoms with Crippen molar-refractivity contribution in [3.05, 3.63) is 80.2 Å². The quantitative estimate of drug-likeness (QED) is 0.394. The molecule has 0 amide bonds. The number of halogens is 1. The molecule has 0 N–H and O–H groups in total. The van der Waals surface area contributed by atoms with Crippen LogP contribution in [-0.2, 0) is 14.9 Å². The minimum absolute atomic E-state index is 0.00812. The van der Waals surface area contributed by atoms with E-state index in [9.17, 15) is 18.0 Å². The first-order valence-electron chi connectivity index (χ1n) is 9.64. The van der Waals surface area contributed by atoms with Gasteiger partial charge in [0, 0.05) is 0 Å². The smallest absolute Gasteiger partial charge is 0.362 e. The van der Waals surface area contributed by atoms with Gasteiger partial charge in [0.15, 0.2) is 5.75 Å². The zero-order valence-corrected chi connectivity index (χ0v) is 19.5. The standard InChI is InChI=1S/C22H21ClN2O6S/c1-5-30-22(27)21-18(12-20(26)25(24-21)17-9-7-6-8-16(17)23)31-32(28,29)19-11-14(3)13(2)10-15(19)4/h6-12H,5H2,1-4H3. The molecule has 1 heterocycles. The van der Waals surface area contributed by atoms with Gasteiger partial charge >= 0.3 is 16.1 Å². The molecule has 0 saturated carbocycles. The van der Waals surface area contributed by atoms with E-state index in [1.54, 1.807) is 45.0 Å². The number of para-hydroxylation sites is 1. The highest BCUT2D eigenvalue weighted by molar-refractivity contribution is 7.87. The lowest BCUT2D eigenvalue weighted by molar-refractivity contribution is 0.0515. The van der Waals surface area contributed by atoms with Crippen LogP contribution in [0.4, 0.5) is 0 Å². The number of hydrogen-bond donors (Lipinski definition) is 0. The van der Waals surface area contributed by atoms with Gasteiger partial charge in [-0.2, -0.15) is 18.2 Å². The van der Waals surface area contributed by atoms with Crippen LogP contribution in [-0.4, -0.2) is 30.8 Å². The predicted octanol–water partition coefficient (Wildman–Crippen LogP) is 3.76. The highest BCUT2D eigenvalue weighted by Crippen LogP contribution is 2.26. The number of nitrogens with zero attached hydrogens (tertiary/aromatic N) is 2. The number of ether oxygens (including phenoxy) is 1. The minimum Gasteiger partial charge on any atom is -0.461 e. The molecule has 8 nitrogen and oxygen atoms in total. The zero-order valence-electron chi connectivity index (χ0n) is 17.9. The van der Waals surface area contributed by atoms with Gasteiger partial charge in [0.2, 0.25) is 5.69 Å². The monoisotopic (exact) mass is 476 g/mol. The Morgan fingerprint density at radius 2 is 1.72 bits per heavy atom. The molecule has 2 aromatic carbocycles. The van der Waals surface area contributed by atoms with Crippen molar-refractivity contribution in [3.63, 3.8) is 0 Å². The van der Waals surface area contributed by atoms with Gasteiger partial charge < -0.3 is 8.92 Å². The lowest BCUT2D eigenvalue weighted by atomic mass is 10.1. The normalized spacial score (nSPS) is 11.3. The number of aryl methyl sites for hydroxylation is 3. The summed E-state index contributed by atoms with van der Waals surface area (Å²) < 4.78 is 37.1. The molecule has 0 aliphatic heterocycles. The minimum atomic E-state index is -4.38. The van der Waals surface area contributed by atoms with Crippen molar-refractivity contribution < 1.29 is 22.1 Å². The van der Waals surface area contributed by atoms with Crippen molar-refractivity contribution in [2.75, 3.05) is 6.61 Å². The molecule has 0 aliphatic rings. The van der Waals surface area contributed by atoms with E-state index in [0.717, 1.165) is 21.9 Å². The lowest BCUT2D eigenvalue weighted by Crippen LogP contribution is -2.26. The molecule has 0 fully saturated rings. The molecule has 0 radical (unpaired) electrons. The number of benzene rings is 2. The molecule has 3 aromatic rings. The van der Waals surface area contributed by atoms with Gasteiger partial charge in [0.25, 0.3) is 5.56 Å². The number of aromatic nitrogens is 2. The summed E-state index contributed by atoms with van der Waals surface area (Å²) in [4.78, 5) is 25.2. The maximum atomic E-state index is 13.0. The van der Waals surface area contributed by atoms with Crippen LogP contribution in [0, 0.1) is 20.8 Å². The van der Waals surface area contributed by atoms with Crippen molar-refractivity contribution in [1.82, 2.24) is 9.78 Å². The second kappa shape index (κ2) is 9.13.